The van der Waals surface area contributed by atoms with Gasteiger partial charge in [-0.05, 0) is 41.7 Å². The van der Waals surface area contributed by atoms with Gasteiger partial charge in [0.1, 0.15) is 5.01 Å². The maximum atomic E-state index is 12.1. The fraction of sp³-hybridized carbons (Fsp3) is 0.176. The van der Waals surface area contributed by atoms with Crippen LogP contribution >= 0.6 is 34.7 Å². The number of benzene rings is 2. The molecule has 23 heavy (non-hydrogen) atoms. The summed E-state index contributed by atoms with van der Waals surface area (Å²) in [5.41, 5.74) is 3.04. The minimum atomic E-state index is -0.216. The average molecular weight is 365 g/mol. The number of hydrogen-bond donors (Lipinski definition) is 0. The lowest BCUT2D eigenvalue weighted by molar-refractivity contribution is 0.820. The highest BCUT2D eigenvalue weighted by Gasteiger charge is 2.09. The standard InChI is InChI=1S/C17H14Cl2N2OS/c1-11-3-2-4-13(7-11)10-21-17(22)20-16(23-21)9-12-5-6-14(18)15(19)8-12/h2-8H,9-10H2,1H3. The zero-order valence-electron chi connectivity index (χ0n) is 12.4. The second-order valence-electron chi connectivity index (χ2n) is 5.33. The summed E-state index contributed by atoms with van der Waals surface area (Å²) in [4.78, 5) is 16.2. The number of aryl methyl sites for hydroxylation is 1. The van der Waals surface area contributed by atoms with Crippen LogP contribution in [0.5, 0.6) is 0 Å². The third-order valence-electron chi connectivity index (χ3n) is 3.40. The summed E-state index contributed by atoms with van der Waals surface area (Å²) in [6.45, 7) is 2.58. The van der Waals surface area contributed by atoms with Gasteiger partial charge in [0.05, 0.1) is 16.6 Å². The Morgan fingerprint density at radius 1 is 1.09 bits per heavy atom. The zero-order chi connectivity index (χ0) is 16.4. The third-order valence-corrected chi connectivity index (χ3v) is 5.09. The van der Waals surface area contributed by atoms with E-state index in [4.69, 9.17) is 23.2 Å². The first-order valence-electron chi connectivity index (χ1n) is 7.08. The smallest absolute Gasteiger partial charge is 0.245 e. The van der Waals surface area contributed by atoms with Crippen molar-refractivity contribution in [2.75, 3.05) is 0 Å². The van der Waals surface area contributed by atoms with Gasteiger partial charge in [-0.15, -0.1) is 0 Å². The van der Waals surface area contributed by atoms with E-state index in [1.807, 2.05) is 31.2 Å². The van der Waals surface area contributed by atoms with Crippen LogP contribution in [-0.4, -0.2) is 8.94 Å². The molecule has 0 aliphatic rings. The molecule has 0 radical (unpaired) electrons. The lowest BCUT2D eigenvalue weighted by Crippen LogP contribution is -2.15. The molecule has 3 aromatic rings. The molecule has 0 unspecified atom stereocenters. The van der Waals surface area contributed by atoms with Crippen molar-refractivity contribution in [1.29, 1.82) is 0 Å². The van der Waals surface area contributed by atoms with Gasteiger partial charge >= 0.3 is 5.69 Å². The monoisotopic (exact) mass is 364 g/mol. The topological polar surface area (TPSA) is 34.9 Å². The summed E-state index contributed by atoms with van der Waals surface area (Å²) in [5.74, 6) is 0. The van der Waals surface area contributed by atoms with Crippen LogP contribution in [0, 0.1) is 6.92 Å². The van der Waals surface area contributed by atoms with Gasteiger partial charge in [0.25, 0.3) is 0 Å². The Balaban J connectivity index is 1.80. The SMILES string of the molecule is Cc1cccc(Cn2sc(Cc3ccc(Cl)c(Cl)c3)nc2=O)c1. The second-order valence-corrected chi connectivity index (χ2v) is 7.24. The first-order chi connectivity index (χ1) is 11.0. The van der Waals surface area contributed by atoms with E-state index in [1.165, 1.54) is 17.1 Å². The van der Waals surface area contributed by atoms with E-state index in [0.29, 0.717) is 23.0 Å². The fourth-order valence-corrected chi connectivity index (χ4v) is 3.58. The van der Waals surface area contributed by atoms with Crippen molar-refractivity contribution in [2.24, 2.45) is 0 Å². The van der Waals surface area contributed by atoms with Crippen molar-refractivity contribution in [1.82, 2.24) is 8.94 Å². The summed E-state index contributed by atoms with van der Waals surface area (Å²) in [5, 5.41) is 1.80. The van der Waals surface area contributed by atoms with E-state index in [2.05, 4.69) is 11.1 Å². The maximum Gasteiger partial charge on any atom is 0.358 e. The van der Waals surface area contributed by atoms with Gasteiger partial charge in [-0.2, -0.15) is 4.98 Å². The van der Waals surface area contributed by atoms with Crippen molar-refractivity contribution in [3.05, 3.63) is 84.7 Å². The molecule has 3 nitrogen and oxygen atoms in total. The molecule has 3 rings (SSSR count). The number of rotatable bonds is 4. The van der Waals surface area contributed by atoms with E-state index in [0.717, 1.165) is 16.1 Å². The van der Waals surface area contributed by atoms with E-state index in [9.17, 15) is 4.79 Å². The molecule has 0 bridgehead atoms. The Labute approximate surface area is 148 Å². The molecule has 0 fully saturated rings. The molecule has 0 N–H and O–H groups in total. The molecule has 118 valence electrons. The minimum absolute atomic E-state index is 0.216. The van der Waals surface area contributed by atoms with Crippen molar-refractivity contribution in [2.45, 2.75) is 19.9 Å². The lowest BCUT2D eigenvalue weighted by Gasteiger charge is -2.02. The van der Waals surface area contributed by atoms with Gasteiger partial charge in [0.15, 0.2) is 0 Å². The lowest BCUT2D eigenvalue weighted by atomic mass is 10.1. The zero-order valence-corrected chi connectivity index (χ0v) is 14.8. The molecule has 0 saturated carbocycles. The normalized spacial score (nSPS) is 10.9. The van der Waals surface area contributed by atoms with Crippen LogP contribution in [0.1, 0.15) is 21.7 Å². The molecule has 0 atom stereocenters. The van der Waals surface area contributed by atoms with E-state index >= 15 is 0 Å². The van der Waals surface area contributed by atoms with Crippen LogP contribution in [0.25, 0.3) is 0 Å². The van der Waals surface area contributed by atoms with E-state index in [1.54, 1.807) is 16.1 Å². The molecular weight excluding hydrogens is 351 g/mol. The highest BCUT2D eigenvalue weighted by atomic mass is 35.5. The van der Waals surface area contributed by atoms with Gasteiger partial charge in [-0.25, -0.2) is 8.75 Å². The average Bonchev–Trinajstić information content (AvgIpc) is 2.83. The van der Waals surface area contributed by atoms with Crippen LogP contribution in [0.3, 0.4) is 0 Å². The van der Waals surface area contributed by atoms with E-state index in [-0.39, 0.29) is 5.69 Å². The Hall–Kier alpha value is -1.62. The van der Waals surface area contributed by atoms with Gasteiger partial charge in [0, 0.05) is 6.42 Å². The van der Waals surface area contributed by atoms with Crippen LogP contribution < -0.4 is 5.69 Å². The van der Waals surface area contributed by atoms with Crippen molar-refractivity contribution >= 4 is 34.7 Å². The van der Waals surface area contributed by atoms with Crippen LogP contribution in [0.2, 0.25) is 10.0 Å². The van der Waals surface area contributed by atoms with Gasteiger partial charge in [-0.1, -0.05) is 59.1 Å². The maximum absolute atomic E-state index is 12.1. The number of aromatic nitrogens is 2. The molecule has 0 spiro atoms. The summed E-state index contributed by atoms with van der Waals surface area (Å²) in [6, 6.07) is 13.6. The molecule has 0 aliphatic heterocycles. The second kappa shape index (κ2) is 6.87. The molecule has 0 saturated heterocycles. The quantitative estimate of drug-likeness (QED) is 0.679. The Kier molecular flexibility index (Phi) is 4.85. The predicted octanol–water partition coefficient (Wildman–Crippen LogP) is 4.56. The Morgan fingerprint density at radius 3 is 2.65 bits per heavy atom. The van der Waals surface area contributed by atoms with Gasteiger partial charge in [-0.3, -0.25) is 0 Å². The predicted molar refractivity (Wildman–Crippen MR) is 95.9 cm³/mol. The first-order valence-corrected chi connectivity index (χ1v) is 8.61. The molecule has 2 aromatic carbocycles. The molecular formula is C17H14Cl2N2OS. The summed E-state index contributed by atoms with van der Waals surface area (Å²) < 4.78 is 1.67. The number of hydrogen-bond acceptors (Lipinski definition) is 3. The highest BCUT2D eigenvalue weighted by Crippen LogP contribution is 2.24. The fourth-order valence-electron chi connectivity index (χ4n) is 2.32. The van der Waals surface area contributed by atoms with Gasteiger partial charge in [0.2, 0.25) is 0 Å². The molecule has 6 heteroatoms. The first kappa shape index (κ1) is 16.2. The van der Waals surface area contributed by atoms with Crippen molar-refractivity contribution in [3.8, 4) is 0 Å². The summed E-state index contributed by atoms with van der Waals surface area (Å²) in [6.07, 6.45) is 0.567. The number of halogens is 2. The third kappa shape index (κ3) is 4.02. The molecule has 0 aliphatic carbocycles. The molecule has 1 heterocycles. The summed E-state index contributed by atoms with van der Waals surface area (Å²) >= 11 is 13.3. The Bertz CT molecular complexity index is 902. The molecule has 0 amide bonds. The van der Waals surface area contributed by atoms with Crippen LogP contribution in [0.15, 0.2) is 47.3 Å². The highest BCUT2D eigenvalue weighted by molar-refractivity contribution is 7.06. The summed E-state index contributed by atoms with van der Waals surface area (Å²) in [7, 11) is 0. The molecule has 1 aromatic heterocycles. The Morgan fingerprint density at radius 2 is 1.91 bits per heavy atom. The van der Waals surface area contributed by atoms with Crippen molar-refractivity contribution < 1.29 is 0 Å². The minimum Gasteiger partial charge on any atom is -0.245 e. The van der Waals surface area contributed by atoms with Gasteiger partial charge < -0.3 is 0 Å². The number of nitrogens with zero attached hydrogens (tertiary/aromatic N) is 2. The van der Waals surface area contributed by atoms with Crippen LogP contribution in [-0.2, 0) is 13.0 Å². The van der Waals surface area contributed by atoms with Crippen molar-refractivity contribution in [3.63, 3.8) is 0 Å². The van der Waals surface area contributed by atoms with Crippen LogP contribution in [0.4, 0.5) is 0 Å². The van der Waals surface area contributed by atoms with E-state index < -0.39 is 0 Å². The largest absolute Gasteiger partial charge is 0.358 e.